The molecule has 5 heteroatoms. The van der Waals surface area contributed by atoms with Crippen LogP contribution in [0.3, 0.4) is 0 Å². The number of amides is 1. The predicted molar refractivity (Wildman–Crippen MR) is 84.8 cm³/mol. The molecule has 1 unspecified atom stereocenters. The van der Waals surface area contributed by atoms with E-state index in [2.05, 4.69) is 49.2 Å². The highest BCUT2D eigenvalue weighted by Crippen LogP contribution is 2.18. The van der Waals surface area contributed by atoms with Gasteiger partial charge in [-0.3, -0.25) is 4.79 Å². The van der Waals surface area contributed by atoms with Gasteiger partial charge in [-0.15, -0.1) is 0 Å². The molecule has 18 heavy (non-hydrogen) atoms. The van der Waals surface area contributed by atoms with Crippen LogP contribution < -0.4 is 10.6 Å². The van der Waals surface area contributed by atoms with Crippen LogP contribution >= 0.6 is 38.5 Å². The average molecular weight is 423 g/mol. The lowest BCUT2D eigenvalue weighted by Crippen LogP contribution is -2.27. The summed E-state index contributed by atoms with van der Waals surface area (Å²) in [5.41, 5.74) is 0.745. The Balaban J connectivity index is 1.85. The van der Waals surface area contributed by atoms with Gasteiger partial charge >= 0.3 is 0 Å². The highest BCUT2D eigenvalue weighted by atomic mass is 127. The Morgan fingerprint density at radius 3 is 3.11 bits per heavy atom. The summed E-state index contributed by atoms with van der Waals surface area (Å²) in [5.74, 6) is 0.735. The second-order valence-electron chi connectivity index (χ2n) is 4.53. The quantitative estimate of drug-likeness (QED) is 0.732. The third kappa shape index (κ3) is 3.93. The van der Waals surface area contributed by atoms with Crippen LogP contribution in [0, 0.1) is 9.49 Å². The van der Waals surface area contributed by atoms with Crippen molar-refractivity contribution in [3.63, 3.8) is 0 Å². The molecule has 2 N–H and O–H groups in total. The van der Waals surface area contributed by atoms with E-state index in [1.54, 1.807) is 0 Å². The Kier molecular flexibility index (Phi) is 5.44. The van der Waals surface area contributed by atoms with E-state index in [4.69, 9.17) is 0 Å². The molecular weight excluding hydrogens is 407 g/mol. The zero-order valence-corrected chi connectivity index (χ0v) is 13.8. The van der Waals surface area contributed by atoms with Crippen molar-refractivity contribution in [1.29, 1.82) is 0 Å². The smallest absolute Gasteiger partial charge is 0.252 e. The van der Waals surface area contributed by atoms with Gasteiger partial charge < -0.3 is 10.6 Å². The Morgan fingerprint density at radius 1 is 1.56 bits per heavy atom. The van der Waals surface area contributed by atoms with E-state index in [-0.39, 0.29) is 5.91 Å². The number of rotatable bonds is 4. The maximum Gasteiger partial charge on any atom is 0.252 e. The monoisotopic (exact) mass is 422 g/mol. The van der Waals surface area contributed by atoms with Crippen LogP contribution in [0.5, 0.6) is 0 Å². The van der Waals surface area contributed by atoms with Gasteiger partial charge in [-0.05, 0) is 72.6 Å². The van der Waals surface area contributed by atoms with E-state index in [0.717, 1.165) is 39.7 Å². The molecule has 1 amide bonds. The highest BCUT2D eigenvalue weighted by Gasteiger charge is 2.15. The molecule has 3 nitrogen and oxygen atoms in total. The molecule has 1 heterocycles. The van der Waals surface area contributed by atoms with Gasteiger partial charge in [0.25, 0.3) is 5.91 Å². The molecule has 1 aromatic carbocycles. The number of nitrogens with one attached hydrogen (secondary N) is 2. The molecule has 0 aromatic heterocycles. The molecule has 1 saturated heterocycles. The van der Waals surface area contributed by atoms with Crippen LogP contribution in [0.15, 0.2) is 22.7 Å². The topological polar surface area (TPSA) is 41.1 Å². The molecule has 1 fully saturated rings. The molecule has 0 spiro atoms. The van der Waals surface area contributed by atoms with Gasteiger partial charge in [0.15, 0.2) is 0 Å². The number of halogens is 2. The lowest BCUT2D eigenvalue weighted by atomic mass is 10.1. The zero-order valence-electron chi connectivity index (χ0n) is 10.0. The van der Waals surface area contributed by atoms with Crippen molar-refractivity contribution >= 4 is 44.4 Å². The van der Waals surface area contributed by atoms with Crippen molar-refractivity contribution in [1.82, 2.24) is 10.6 Å². The second kappa shape index (κ2) is 6.86. The van der Waals surface area contributed by atoms with Gasteiger partial charge in [-0.2, -0.15) is 0 Å². The summed E-state index contributed by atoms with van der Waals surface area (Å²) >= 11 is 5.59. The first-order chi connectivity index (χ1) is 8.66. The fourth-order valence-corrected chi connectivity index (χ4v) is 3.06. The first-order valence-corrected chi connectivity index (χ1v) is 7.98. The summed E-state index contributed by atoms with van der Waals surface area (Å²) in [6, 6.07) is 5.76. The van der Waals surface area contributed by atoms with Crippen LogP contribution in [0.1, 0.15) is 23.2 Å². The van der Waals surface area contributed by atoms with Crippen molar-refractivity contribution in [2.75, 3.05) is 19.6 Å². The van der Waals surface area contributed by atoms with Crippen molar-refractivity contribution in [2.24, 2.45) is 5.92 Å². The van der Waals surface area contributed by atoms with Crippen molar-refractivity contribution < 1.29 is 4.79 Å². The lowest BCUT2D eigenvalue weighted by molar-refractivity contribution is 0.0950. The standard InChI is InChI=1S/C13H16BrIN2O/c14-10-1-2-12(15)11(7-10)13(18)17-6-4-9-3-5-16-8-9/h1-2,7,9,16H,3-6,8H2,(H,17,18). The second-order valence-corrected chi connectivity index (χ2v) is 6.61. The zero-order chi connectivity index (χ0) is 13.0. The van der Waals surface area contributed by atoms with Crippen molar-refractivity contribution in [2.45, 2.75) is 12.8 Å². The molecule has 1 aromatic rings. The maximum atomic E-state index is 12.0. The van der Waals surface area contributed by atoms with E-state index < -0.39 is 0 Å². The molecule has 98 valence electrons. The van der Waals surface area contributed by atoms with Crippen LogP contribution in [-0.4, -0.2) is 25.5 Å². The molecule has 1 aliphatic heterocycles. The predicted octanol–water partition coefficient (Wildman–Crippen LogP) is 2.78. The van der Waals surface area contributed by atoms with E-state index in [1.807, 2.05) is 18.2 Å². The summed E-state index contributed by atoms with van der Waals surface area (Å²) in [5, 5.41) is 6.34. The summed E-state index contributed by atoms with van der Waals surface area (Å²) in [7, 11) is 0. The first kappa shape index (κ1) is 14.3. The number of carbonyl (C=O) groups is 1. The Bertz CT molecular complexity index is 433. The molecule has 0 aliphatic carbocycles. The summed E-state index contributed by atoms with van der Waals surface area (Å²) in [6.07, 6.45) is 2.29. The first-order valence-electron chi connectivity index (χ1n) is 6.11. The third-order valence-corrected chi connectivity index (χ3v) is 4.61. The van der Waals surface area contributed by atoms with Crippen LogP contribution in [-0.2, 0) is 0 Å². The number of carbonyl (C=O) groups excluding carboxylic acids is 1. The Hall–Kier alpha value is -0.140. The third-order valence-electron chi connectivity index (χ3n) is 3.17. The van der Waals surface area contributed by atoms with Gasteiger partial charge in [0.1, 0.15) is 0 Å². The fourth-order valence-electron chi connectivity index (χ4n) is 2.12. The Morgan fingerprint density at radius 2 is 2.39 bits per heavy atom. The van der Waals surface area contributed by atoms with Crippen LogP contribution in [0.25, 0.3) is 0 Å². The molecule has 0 radical (unpaired) electrons. The molecular formula is C13H16BrIN2O. The maximum absolute atomic E-state index is 12.0. The summed E-state index contributed by atoms with van der Waals surface area (Å²) < 4.78 is 1.92. The summed E-state index contributed by atoms with van der Waals surface area (Å²) in [4.78, 5) is 12.0. The van der Waals surface area contributed by atoms with Gasteiger partial charge in [-0.1, -0.05) is 15.9 Å². The fraction of sp³-hybridized carbons (Fsp3) is 0.462. The van der Waals surface area contributed by atoms with Crippen LogP contribution in [0.2, 0.25) is 0 Å². The minimum atomic E-state index is 0.0201. The highest BCUT2D eigenvalue weighted by molar-refractivity contribution is 14.1. The number of hydrogen-bond donors (Lipinski definition) is 2. The Labute approximate surface area is 129 Å². The molecule has 1 aliphatic rings. The molecule has 2 rings (SSSR count). The molecule has 0 bridgehead atoms. The minimum Gasteiger partial charge on any atom is -0.352 e. The minimum absolute atomic E-state index is 0.0201. The van der Waals surface area contributed by atoms with Crippen LogP contribution in [0.4, 0.5) is 0 Å². The van der Waals surface area contributed by atoms with Gasteiger partial charge in [0.2, 0.25) is 0 Å². The van der Waals surface area contributed by atoms with Crippen molar-refractivity contribution in [3.05, 3.63) is 31.8 Å². The van der Waals surface area contributed by atoms with Gasteiger partial charge in [0, 0.05) is 14.6 Å². The van der Waals surface area contributed by atoms with E-state index >= 15 is 0 Å². The summed E-state index contributed by atoms with van der Waals surface area (Å²) in [6.45, 7) is 2.96. The number of hydrogen-bond acceptors (Lipinski definition) is 2. The van der Waals surface area contributed by atoms with Gasteiger partial charge in [0.05, 0.1) is 5.56 Å². The molecule has 0 saturated carbocycles. The van der Waals surface area contributed by atoms with Gasteiger partial charge in [-0.25, -0.2) is 0 Å². The van der Waals surface area contributed by atoms with E-state index in [0.29, 0.717) is 5.92 Å². The SMILES string of the molecule is O=C(NCCC1CCNC1)c1cc(Br)ccc1I. The van der Waals surface area contributed by atoms with Crippen molar-refractivity contribution in [3.8, 4) is 0 Å². The molecule has 1 atom stereocenters. The van der Waals surface area contributed by atoms with E-state index in [9.17, 15) is 4.79 Å². The largest absolute Gasteiger partial charge is 0.352 e. The lowest BCUT2D eigenvalue weighted by Gasteiger charge is -2.10. The normalized spacial score (nSPS) is 18.9. The van der Waals surface area contributed by atoms with E-state index in [1.165, 1.54) is 6.42 Å². The number of benzene rings is 1. The average Bonchev–Trinajstić information content (AvgIpc) is 2.85.